The molecular weight excluding hydrogens is 396 g/mol. The number of nitrogens with zero attached hydrogens (tertiary/aromatic N) is 2. The Hall–Kier alpha value is -3.28. The number of allylic oxidation sites excluding steroid dienone is 1. The van der Waals surface area contributed by atoms with Crippen LogP contribution in [-0.2, 0) is 9.47 Å². The lowest BCUT2D eigenvalue weighted by atomic mass is 10.0. The lowest BCUT2D eigenvalue weighted by molar-refractivity contribution is 0.0599. The minimum absolute atomic E-state index is 0.187. The highest BCUT2D eigenvalue weighted by Gasteiger charge is 2.15. The van der Waals surface area contributed by atoms with E-state index in [1.807, 2.05) is 22.9 Å². The molecule has 3 rings (SSSR count). The third-order valence-electron chi connectivity index (χ3n) is 3.74. The minimum Gasteiger partial charge on any atom is -0.465 e. The van der Waals surface area contributed by atoms with Crippen LogP contribution in [0.15, 0.2) is 41.1 Å². The first-order valence-electron chi connectivity index (χ1n) is 7.99. The number of thiophene rings is 1. The Morgan fingerprint density at radius 2 is 1.79 bits per heavy atom. The average molecular weight is 410 g/mol. The molecule has 3 aromatic rings. The molecule has 0 spiro atoms. The Morgan fingerprint density at radius 3 is 2.32 bits per heavy atom. The van der Waals surface area contributed by atoms with Crippen molar-refractivity contribution in [1.29, 1.82) is 5.26 Å². The molecule has 0 aliphatic heterocycles. The summed E-state index contributed by atoms with van der Waals surface area (Å²) < 4.78 is 9.47. The Bertz CT molecular complexity index is 1060. The molecule has 0 aliphatic rings. The number of hydrogen-bond acceptors (Lipinski definition) is 8. The molecule has 140 valence electrons. The third kappa shape index (κ3) is 4.17. The number of thiazole rings is 1. The second-order valence-corrected chi connectivity index (χ2v) is 7.32. The van der Waals surface area contributed by atoms with Crippen LogP contribution in [0, 0.1) is 11.3 Å². The zero-order valence-corrected chi connectivity index (χ0v) is 16.6. The summed E-state index contributed by atoms with van der Waals surface area (Å²) in [6.45, 7) is 0. The fourth-order valence-electron chi connectivity index (χ4n) is 2.45. The largest absolute Gasteiger partial charge is 0.465 e. The fourth-order valence-corrected chi connectivity index (χ4v) is 4.00. The van der Waals surface area contributed by atoms with Gasteiger partial charge >= 0.3 is 11.9 Å². The van der Waals surface area contributed by atoms with Gasteiger partial charge in [-0.3, -0.25) is 0 Å². The number of hydrogen-bond donors (Lipinski definition) is 0. The summed E-state index contributed by atoms with van der Waals surface area (Å²) in [5.74, 6) is -1.18. The Labute approximate surface area is 169 Å². The molecule has 0 amide bonds. The Kier molecular flexibility index (Phi) is 5.99. The van der Waals surface area contributed by atoms with Gasteiger partial charge in [-0.25, -0.2) is 14.6 Å². The molecule has 0 saturated carbocycles. The molecule has 0 aliphatic carbocycles. The van der Waals surface area contributed by atoms with Gasteiger partial charge in [-0.05, 0) is 41.3 Å². The SMILES string of the molecule is COC(=O)c1cc(/C=C(\C#N)c2nc(-c3cccs3)cs2)cc(C(=O)OC)c1. The van der Waals surface area contributed by atoms with Gasteiger partial charge < -0.3 is 9.47 Å². The van der Waals surface area contributed by atoms with Gasteiger partial charge in [-0.15, -0.1) is 22.7 Å². The van der Waals surface area contributed by atoms with Crippen LogP contribution in [0.5, 0.6) is 0 Å². The van der Waals surface area contributed by atoms with Crippen molar-refractivity contribution in [3.05, 3.63) is 62.8 Å². The van der Waals surface area contributed by atoms with Crippen molar-refractivity contribution in [3.8, 4) is 16.6 Å². The second-order valence-electron chi connectivity index (χ2n) is 5.51. The number of rotatable bonds is 5. The predicted octanol–water partition coefficient (Wildman–Crippen LogP) is 4.51. The van der Waals surface area contributed by atoms with Gasteiger partial charge in [0, 0.05) is 5.38 Å². The van der Waals surface area contributed by atoms with Crippen molar-refractivity contribution in [2.24, 2.45) is 0 Å². The van der Waals surface area contributed by atoms with Crippen LogP contribution < -0.4 is 0 Å². The first-order chi connectivity index (χ1) is 13.5. The molecule has 0 fully saturated rings. The van der Waals surface area contributed by atoms with Gasteiger partial charge in [-0.2, -0.15) is 5.26 Å². The van der Waals surface area contributed by atoms with Crippen LogP contribution in [0.3, 0.4) is 0 Å². The van der Waals surface area contributed by atoms with Crippen LogP contribution in [0.2, 0.25) is 0 Å². The van der Waals surface area contributed by atoms with Crippen LogP contribution >= 0.6 is 22.7 Å². The monoisotopic (exact) mass is 410 g/mol. The van der Waals surface area contributed by atoms with Gasteiger partial charge in [0.15, 0.2) is 0 Å². The molecular formula is C20H14N2O4S2. The lowest BCUT2D eigenvalue weighted by Gasteiger charge is -2.06. The van der Waals surface area contributed by atoms with E-state index in [0.29, 0.717) is 16.1 Å². The van der Waals surface area contributed by atoms with E-state index in [4.69, 9.17) is 9.47 Å². The fraction of sp³-hybridized carbons (Fsp3) is 0.100. The molecule has 28 heavy (non-hydrogen) atoms. The standard InChI is InChI=1S/C20H14N2O4S2/c1-25-19(23)13-6-12(7-14(9-13)20(24)26-2)8-15(10-21)18-22-16(11-28-18)17-4-3-5-27-17/h3-9,11H,1-2H3/b15-8+. The Morgan fingerprint density at radius 1 is 1.11 bits per heavy atom. The summed E-state index contributed by atoms with van der Waals surface area (Å²) in [6, 6.07) is 10.5. The number of nitriles is 1. The maximum absolute atomic E-state index is 11.9. The summed E-state index contributed by atoms with van der Waals surface area (Å²) in [6.07, 6.45) is 1.58. The van der Waals surface area contributed by atoms with Gasteiger partial charge in [0.1, 0.15) is 11.1 Å². The number of ether oxygens (including phenoxy) is 2. The van der Waals surface area contributed by atoms with Crippen molar-refractivity contribution < 1.29 is 19.1 Å². The maximum atomic E-state index is 11.9. The second kappa shape index (κ2) is 8.61. The van der Waals surface area contributed by atoms with Crippen molar-refractivity contribution in [1.82, 2.24) is 4.98 Å². The van der Waals surface area contributed by atoms with E-state index in [9.17, 15) is 14.9 Å². The number of esters is 2. The topological polar surface area (TPSA) is 89.3 Å². The molecule has 8 heteroatoms. The summed E-state index contributed by atoms with van der Waals surface area (Å²) >= 11 is 2.92. The number of carbonyl (C=O) groups excluding carboxylic acids is 2. The number of benzene rings is 1. The quantitative estimate of drug-likeness (QED) is 0.454. The maximum Gasteiger partial charge on any atom is 0.337 e. The van der Waals surface area contributed by atoms with Crippen LogP contribution in [0.25, 0.3) is 22.2 Å². The molecule has 0 atom stereocenters. The number of methoxy groups -OCH3 is 2. The summed E-state index contributed by atoms with van der Waals surface area (Å²) in [5.41, 5.74) is 1.99. The van der Waals surface area contributed by atoms with Gasteiger partial charge in [0.25, 0.3) is 0 Å². The van der Waals surface area contributed by atoms with Gasteiger partial charge in [0.2, 0.25) is 0 Å². The molecule has 0 radical (unpaired) electrons. The van der Waals surface area contributed by atoms with E-state index in [0.717, 1.165) is 10.6 Å². The summed E-state index contributed by atoms with van der Waals surface area (Å²) in [4.78, 5) is 29.4. The van der Waals surface area contributed by atoms with Gasteiger partial charge in [-0.1, -0.05) is 6.07 Å². The molecule has 0 bridgehead atoms. The van der Waals surface area contributed by atoms with Gasteiger partial charge in [0.05, 0.1) is 41.5 Å². The highest BCUT2D eigenvalue weighted by atomic mass is 32.1. The third-order valence-corrected chi connectivity index (χ3v) is 5.51. The highest BCUT2D eigenvalue weighted by molar-refractivity contribution is 7.14. The van der Waals surface area contributed by atoms with E-state index in [1.54, 1.807) is 29.5 Å². The van der Waals surface area contributed by atoms with Crippen molar-refractivity contribution in [2.45, 2.75) is 0 Å². The van der Waals surface area contributed by atoms with Crippen LogP contribution in [-0.4, -0.2) is 31.1 Å². The van der Waals surface area contributed by atoms with E-state index < -0.39 is 11.9 Å². The van der Waals surface area contributed by atoms with Crippen molar-refractivity contribution in [3.63, 3.8) is 0 Å². The van der Waals surface area contributed by atoms with E-state index in [-0.39, 0.29) is 11.1 Å². The molecule has 1 aromatic carbocycles. The Balaban J connectivity index is 2.03. The zero-order chi connectivity index (χ0) is 20.1. The molecule has 2 aromatic heterocycles. The minimum atomic E-state index is -0.590. The molecule has 2 heterocycles. The number of aromatic nitrogens is 1. The average Bonchev–Trinajstić information content (AvgIpc) is 3.42. The predicted molar refractivity (Wildman–Crippen MR) is 108 cm³/mol. The lowest BCUT2D eigenvalue weighted by Crippen LogP contribution is -2.07. The molecule has 0 N–H and O–H groups in total. The zero-order valence-electron chi connectivity index (χ0n) is 15.0. The number of carbonyl (C=O) groups is 2. The molecule has 6 nitrogen and oxygen atoms in total. The van der Waals surface area contributed by atoms with Crippen LogP contribution in [0.1, 0.15) is 31.3 Å². The van der Waals surface area contributed by atoms with Crippen LogP contribution in [0.4, 0.5) is 0 Å². The first kappa shape index (κ1) is 19.5. The van der Waals surface area contributed by atoms with Crippen molar-refractivity contribution in [2.75, 3.05) is 14.2 Å². The molecule has 0 unspecified atom stereocenters. The summed E-state index contributed by atoms with van der Waals surface area (Å²) in [5, 5.41) is 14.0. The first-order valence-corrected chi connectivity index (χ1v) is 9.75. The van der Waals surface area contributed by atoms with E-state index in [1.165, 1.54) is 31.6 Å². The van der Waals surface area contributed by atoms with E-state index in [2.05, 4.69) is 11.1 Å². The smallest absolute Gasteiger partial charge is 0.337 e. The highest BCUT2D eigenvalue weighted by Crippen LogP contribution is 2.30. The normalized spacial score (nSPS) is 11.0. The van der Waals surface area contributed by atoms with E-state index >= 15 is 0 Å². The van der Waals surface area contributed by atoms with Crippen molar-refractivity contribution >= 4 is 46.3 Å². The summed E-state index contributed by atoms with van der Waals surface area (Å²) in [7, 11) is 2.51. The molecule has 0 saturated heterocycles.